The molecule has 1 spiro atoms. The van der Waals surface area contributed by atoms with Gasteiger partial charge in [0.15, 0.2) is 0 Å². The van der Waals surface area contributed by atoms with Gasteiger partial charge in [-0.2, -0.15) is 0 Å². The summed E-state index contributed by atoms with van der Waals surface area (Å²) in [6.45, 7) is 7.41. The lowest BCUT2D eigenvalue weighted by molar-refractivity contribution is -0.154. The maximum absolute atomic E-state index is 13.2. The van der Waals surface area contributed by atoms with E-state index in [9.17, 15) is 14.4 Å². The number of hydrogen-bond donors (Lipinski definition) is 0. The number of cyclic esters (lactones) is 1. The fourth-order valence-corrected chi connectivity index (χ4v) is 6.36. The third-order valence-corrected chi connectivity index (χ3v) is 9.12. The first-order valence-electron chi connectivity index (χ1n) is 13.2. The molecule has 4 fully saturated rings. The molecule has 1 aromatic rings. The maximum atomic E-state index is 13.2. The summed E-state index contributed by atoms with van der Waals surface area (Å²) in [5.74, 6) is -0.135. The topological polar surface area (TPSA) is 73.4 Å². The Morgan fingerprint density at radius 2 is 1.78 bits per heavy atom. The molecule has 0 aromatic heterocycles. The van der Waals surface area contributed by atoms with Crippen molar-refractivity contribution < 1.29 is 19.1 Å². The first-order valence-corrected chi connectivity index (χ1v) is 13.6. The highest BCUT2D eigenvalue weighted by Crippen LogP contribution is 2.47. The van der Waals surface area contributed by atoms with Gasteiger partial charge in [-0.15, -0.1) is 0 Å². The van der Waals surface area contributed by atoms with Gasteiger partial charge in [0.25, 0.3) is 0 Å². The molecule has 0 unspecified atom stereocenters. The summed E-state index contributed by atoms with van der Waals surface area (Å²) < 4.78 is 5.85. The molecule has 1 saturated carbocycles. The van der Waals surface area contributed by atoms with Crippen molar-refractivity contribution in [2.24, 2.45) is 5.41 Å². The van der Waals surface area contributed by atoms with Crippen LogP contribution in [-0.4, -0.2) is 97.0 Å². The average Bonchev–Trinajstić information content (AvgIpc) is 3.63. The fourth-order valence-electron chi connectivity index (χ4n) is 6.18. The fraction of sp³-hybridized carbons (Fsp3) is 0.667. The molecule has 3 heterocycles. The largest absolute Gasteiger partial charge is 0.462 e. The summed E-state index contributed by atoms with van der Waals surface area (Å²) in [4.78, 5) is 46.2. The van der Waals surface area contributed by atoms with Crippen LogP contribution in [0.1, 0.15) is 45.4 Å². The number of likely N-dealkylation sites (tertiary alicyclic amines) is 1. The van der Waals surface area contributed by atoms with Gasteiger partial charge < -0.3 is 19.4 Å². The molecule has 196 valence electrons. The molecular weight excluding hydrogens is 480 g/mol. The van der Waals surface area contributed by atoms with Crippen molar-refractivity contribution in [2.75, 3.05) is 57.8 Å². The van der Waals surface area contributed by atoms with Gasteiger partial charge in [-0.05, 0) is 50.3 Å². The van der Waals surface area contributed by atoms with Crippen molar-refractivity contribution in [1.29, 1.82) is 0 Å². The third kappa shape index (κ3) is 4.82. The Bertz CT molecular complexity index is 1010. The van der Waals surface area contributed by atoms with Gasteiger partial charge in [-0.1, -0.05) is 17.7 Å². The second-order valence-electron chi connectivity index (χ2n) is 11.0. The lowest BCUT2D eigenvalue weighted by atomic mass is 9.75. The molecule has 1 aromatic carbocycles. The Hall–Kier alpha value is -2.32. The van der Waals surface area contributed by atoms with Gasteiger partial charge in [0.05, 0.1) is 5.41 Å². The Morgan fingerprint density at radius 1 is 1.08 bits per heavy atom. The van der Waals surface area contributed by atoms with Crippen molar-refractivity contribution in [3.05, 3.63) is 29.3 Å². The van der Waals surface area contributed by atoms with Crippen molar-refractivity contribution in [1.82, 2.24) is 14.7 Å². The molecule has 36 heavy (non-hydrogen) atoms. The number of rotatable bonds is 6. The molecule has 2 amide bonds. The number of hydrogen-bond acceptors (Lipinski definition) is 6. The molecule has 1 aliphatic carbocycles. The van der Waals surface area contributed by atoms with E-state index in [0.29, 0.717) is 25.9 Å². The number of carbonyl (C=O) groups is 3. The van der Waals surface area contributed by atoms with Gasteiger partial charge >= 0.3 is 5.97 Å². The Kier molecular flexibility index (Phi) is 6.94. The molecule has 3 saturated heterocycles. The minimum Gasteiger partial charge on any atom is -0.462 e. The highest BCUT2D eigenvalue weighted by atomic mass is 35.5. The number of piperidine rings is 1. The van der Waals surface area contributed by atoms with Crippen LogP contribution in [0.25, 0.3) is 0 Å². The lowest BCUT2D eigenvalue weighted by Gasteiger charge is -2.39. The van der Waals surface area contributed by atoms with Gasteiger partial charge in [0.1, 0.15) is 11.6 Å². The zero-order valence-electron chi connectivity index (χ0n) is 21.4. The molecule has 0 bridgehead atoms. The van der Waals surface area contributed by atoms with E-state index in [4.69, 9.17) is 16.3 Å². The van der Waals surface area contributed by atoms with Crippen LogP contribution in [-0.2, 0) is 19.1 Å². The number of nitrogens with zero attached hydrogens (tertiary/aromatic N) is 4. The zero-order chi connectivity index (χ0) is 25.5. The Labute approximate surface area is 218 Å². The van der Waals surface area contributed by atoms with E-state index >= 15 is 0 Å². The summed E-state index contributed by atoms with van der Waals surface area (Å²) in [5, 5.41) is 0.762. The van der Waals surface area contributed by atoms with E-state index < -0.39 is 11.0 Å². The number of benzene rings is 1. The van der Waals surface area contributed by atoms with Crippen molar-refractivity contribution >= 4 is 35.1 Å². The molecule has 1 atom stereocenters. The molecule has 4 aliphatic rings. The first kappa shape index (κ1) is 25.3. The van der Waals surface area contributed by atoms with Crippen LogP contribution in [0, 0.1) is 5.41 Å². The number of anilines is 1. The third-order valence-electron chi connectivity index (χ3n) is 8.88. The van der Waals surface area contributed by atoms with Crippen LogP contribution in [0.2, 0.25) is 5.02 Å². The summed E-state index contributed by atoms with van der Waals surface area (Å²) in [5.41, 5.74) is 0.0427. The lowest BCUT2D eigenvalue weighted by Crippen LogP contribution is -2.54. The number of amides is 2. The predicted molar refractivity (Wildman–Crippen MR) is 138 cm³/mol. The first-order chi connectivity index (χ1) is 17.2. The van der Waals surface area contributed by atoms with E-state index in [1.807, 2.05) is 23.1 Å². The number of ether oxygens (including phenoxy) is 1. The van der Waals surface area contributed by atoms with Crippen LogP contribution >= 0.6 is 11.6 Å². The molecule has 8 nitrogen and oxygen atoms in total. The number of esters is 1. The summed E-state index contributed by atoms with van der Waals surface area (Å²) in [6.07, 6.45) is 4.28. The molecule has 3 aliphatic heterocycles. The van der Waals surface area contributed by atoms with Crippen LogP contribution in [0.3, 0.4) is 0 Å². The van der Waals surface area contributed by atoms with Gasteiger partial charge in [0, 0.05) is 76.9 Å². The predicted octanol–water partition coefficient (Wildman–Crippen LogP) is 2.79. The smallest absolute Gasteiger partial charge is 0.312 e. The van der Waals surface area contributed by atoms with Gasteiger partial charge in [-0.3, -0.25) is 19.3 Å². The van der Waals surface area contributed by atoms with Gasteiger partial charge in [-0.25, -0.2) is 0 Å². The molecule has 0 N–H and O–H groups in total. The number of likely N-dealkylation sites (N-methyl/N-ethyl adjacent to an activating group) is 1. The molecule has 5 rings (SSSR count). The second kappa shape index (κ2) is 9.86. The van der Waals surface area contributed by atoms with Crippen molar-refractivity contribution in [3.63, 3.8) is 0 Å². The van der Waals surface area contributed by atoms with E-state index in [1.165, 1.54) is 12.6 Å². The number of carbonyl (C=O) groups excluding carboxylic acids is 3. The minimum absolute atomic E-state index is 0.0369. The van der Waals surface area contributed by atoms with Crippen LogP contribution < -0.4 is 4.90 Å². The average molecular weight is 517 g/mol. The van der Waals surface area contributed by atoms with Crippen LogP contribution in [0.5, 0.6) is 0 Å². The SMILES string of the molecule is CC(=O)N(C)C1(C(=O)N2CCC3(CC2)C[C@H](CCN2CCN(c4cccc(Cl)c4)CC2)OC3=O)CC1. The van der Waals surface area contributed by atoms with Crippen molar-refractivity contribution in [3.8, 4) is 0 Å². The molecule has 0 radical (unpaired) electrons. The number of piperazine rings is 1. The Morgan fingerprint density at radius 3 is 2.39 bits per heavy atom. The van der Waals surface area contributed by atoms with Gasteiger partial charge in [0.2, 0.25) is 11.8 Å². The highest BCUT2D eigenvalue weighted by Gasteiger charge is 2.58. The van der Waals surface area contributed by atoms with Crippen molar-refractivity contribution in [2.45, 2.75) is 57.1 Å². The summed E-state index contributed by atoms with van der Waals surface area (Å²) in [7, 11) is 1.72. The molecule has 9 heteroatoms. The quantitative estimate of drug-likeness (QED) is 0.541. The van der Waals surface area contributed by atoms with E-state index in [0.717, 1.165) is 63.4 Å². The summed E-state index contributed by atoms with van der Waals surface area (Å²) in [6, 6.07) is 8.00. The standard InChI is InChI=1S/C27H37ClN4O4/c1-20(33)29(2)27(7-8-27)24(34)32-12-9-26(10-13-32)19-23(36-25(26)35)6-11-30-14-16-31(17-15-30)22-5-3-4-21(28)18-22/h3-5,18,23H,6-17,19H2,1-2H3/t23-/m0/s1. The monoisotopic (exact) mass is 516 g/mol. The number of halogens is 1. The van der Waals surface area contributed by atoms with E-state index in [2.05, 4.69) is 15.9 Å². The minimum atomic E-state index is -0.661. The zero-order valence-corrected chi connectivity index (χ0v) is 22.1. The molecular formula is C27H37ClN4O4. The normalized spacial score (nSPS) is 25.1. The maximum Gasteiger partial charge on any atom is 0.312 e. The van der Waals surface area contributed by atoms with Crippen LogP contribution in [0.4, 0.5) is 5.69 Å². The second-order valence-corrected chi connectivity index (χ2v) is 11.4. The highest BCUT2D eigenvalue weighted by molar-refractivity contribution is 6.30. The summed E-state index contributed by atoms with van der Waals surface area (Å²) >= 11 is 6.15. The van der Waals surface area contributed by atoms with E-state index in [1.54, 1.807) is 11.9 Å². The Balaban J connectivity index is 1.08. The van der Waals surface area contributed by atoms with E-state index in [-0.39, 0.29) is 23.9 Å². The van der Waals surface area contributed by atoms with Crippen LogP contribution in [0.15, 0.2) is 24.3 Å².